The minimum absolute atomic E-state index is 0.218. The van der Waals surface area contributed by atoms with Gasteiger partial charge in [-0.15, -0.1) is 11.8 Å². The van der Waals surface area contributed by atoms with Gasteiger partial charge >= 0.3 is 5.97 Å². The van der Waals surface area contributed by atoms with Gasteiger partial charge in [-0.05, 0) is 56.0 Å². The van der Waals surface area contributed by atoms with E-state index in [1.165, 1.54) is 18.9 Å². The van der Waals surface area contributed by atoms with Crippen molar-refractivity contribution >= 4 is 35.2 Å². The van der Waals surface area contributed by atoms with E-state index in [0.29, 0.717) is 46.3 Å². The highest BCUT2D eigenvalue weighted by atomic mass is 32.2. The molecular weight excluding hydrogens is 402 g/mol. The van der Waals surface area contributed by atoms with Crippen LogP contribution in [-0.4, -0.2) is 52.4 Å². The maximum absolute atomic E-state index is 13.3. The summed E-state index contributed by atoms with van der Waals surface area (Å²) < 4.78 is 4.87. The van der Waals surface area contributed by atoms with Gasteiger partial charge in [0.2, 0.25) is 5.91 Å². The third-order valence-corrected chi connectivity index (χ3v) is 6.52. The molecule has 2 aromatic rings. The minimum atomic E-state index is -0.585. The molecule has 0 spiro atoms. The largest absolute Gasteiger partial charge is 0.465 e. The summed E-state index contributed by atoms with van der Waals surface area (Å²) in [5, 5.41) is 2.93. The number of aromatic amines is 1. The molecule has 0 radical (unpaired) electrons. The molecule has 0 bridgehead atoms. The van der Waals surface area contributed by atoms with E-state index in [-0.39, 0.29) is 11.8 Å². The van der Waals surface area contributed by atoms with Crippen molar-refractivity contribution < 1.29 is 19.1 Å². The standard InChI is InChI=1S/C22H27N3O4S/c1-6-16-18(22(28)29-5)14(4)19(24-16)21(27)25-11-30-10-17(25)20(26)23-15-8-7-12(2)13(3)9-15/h7-9,17,24H,6,10-11H2,1-5H3,(H,23,26). The lowest BCUT2D eigenvalue weighted by molar-refractivity contribution is -0.119. The number of carbonyl (C=O) groups excluding carboxylic acids is 3. The van der Waals surface area contributed by atoms with E-state index in [9.17, 15) is 14.4 Å². The van der Waals surface area contributed by atoms with Crippen molar-refractivity contribution in [2.24, 2.45) is 0 Å². The fraction of sp³-hybridized carbons (Fsp3) is 0.409. The Balaban J connectivity index is 1.83. The van der Waals surface area contributed by atoms with Crippen LogP contribution in [0.25, 0.3) is 0 Å². The summed E-state index contributed by atoms with van der Waals surface area (Å²) in [5.74, 6) is -0.0453. The summed E-state index contributed by atoms with van der Waals surface area (Å²) in [6.07, 6.45) is 0.560. The fourth-order valence-electron chi connectivity index (χ4n) is 3.56. The highest BCUT2D eigenvalue weighted by molar-refractivity contribution is 7.99. The first-order valence-electron chi connectivity index (χ1n) is 9.85. The van der Waals surface area contributed by atoms with E-state index in [1.54, 1.807) is 11.8 Å². The number of rotatable bonds is 5. The number of ether oxygens (including phenoxy) is 1. The second-order valence-corrected chi connectivity index (χ2v) is 8.40. The van der Waals surface area contributed by atoms with E-state index in [4.69, 9.17) is 4.74 Å². The number of hydrogen-bond acceptors (Lipinski definition) is 5. The second kappa shape index (κ2) is 8.95. The molecule has 1 atom stereocenters. The van der Waals surface area contributed by atoms with Gasteiger partial charge in [0.25, 0.3) is 5.91 Å². The van der Waals surface area contributed by atoms with Gasteiger partial charge in [0.1, 0.15) is 11.7 Å². The van der Waals surface area contributed by atoms with Crippen molar-refractivity contribution in [2.45, 2.75) is 40.2 Å². The molecule has 1 aromatic heterocycles. The van der Waals surface area contributed by atoms with Crippen molar-refractivity contribution in [3.8, 4) is 0 Å². The van der Waals surface area contributed by atoms with Crippen molar-refractivity contribution in [1.29, 1.82) is 0 Å². The molecule has 1 aliphatic rings. The maximum Gasteiger partial charge on any atom is 0.339 e. The first kappa shape index (κ1) is 22.0. The number of nitrogens with zero attached hydrogens (tertiary/aromatic N) is 1. The zero-order chi connectivity index (χ0) is 22.0. The summed E-state index contributed by atoms with van der Waals surface area (Å²) in [5.41, 5.74) is 4.89. The SMILES string of the molecule is CCc1[nH]c(C(=O)N2CSCC2C(=O)Nc2ccc(C)c(C)c2)c(C)c1C(=O)OC. The number of methoxy groups -OCH3 is 1. The minimum Gasteiger partial charge on any atom is -0.465 e. The molecule has 0 saturated carbocycles. The smallest absolute Gasteiger partial charge is 0.339 e. The lowest BCUT2D eigenvalue weighted by atomic mass is 10.1. The Labute approximate surface area is 180 Å². The number of amides is 2. The van der Waals surface area contributed by atoms with E-state index in [1.807, 2.05) is 39.0 Å². The normalized spacial score (nSPS) is 15.9. The van der Waals surface area contributed by atoms with Crippen LogP contribution in [0.3, 0.4) is 0 Å². The average Bonchev–Trinajstić information content (AvgIpc) is 3.34. The van der Waals surface area contributed by atoms with Gasteiger partial charge in [0.05, 0.1) is 18.6 Å². The number of hydrogen-bond donors (Lipinski definition) is 2. The lowest BCUT2D eigenvalue weighted by Gasteiger charge is -2.23. The fourth-order valence-corrected chi connectivity index (χ4v) is 4.72. The van der Waals surface area contributed by atoms with E-state index < -0.39 is 12.0 Å². The third kappa shape index (κ3) is 4.09. The van der Waals surface area contributed by atoms with Crippen LogP contribution in [0.15, 0.2) is 18.2 Å². The Bertz CT molecular complexity index is 999. The van der Waals surface area contributed by atoms with Gasteiger partial charge in [-0.2, -0.15) is 0 Å². The Morgan fingerprint density at radius 3 is 2.60 bits per heavy atom. The predicted molar refractivity (Wildman–Crippen MR) is 118 cm³/mol. The van der Waals surface area contributed by atoms with E-state index in [2.05, 4.69) is 10.3 Å². The molecular formula is C22H27N3O4S. The van der Waals surface area contributed by atoms with E-state index in [0.717, 1.165) is 11.1 Å². The number of aromatic nitrogens is 1. The predicted octanol–water partition coefficient (Wildman–Crippen LogP) is 3.44. The molecule has 1 aliphatic heterocycles. The summed E-state index contributed by atoms with van der Waals surface area (Å²) in [6, 6.07) is 5.16. The summed E-state index contributed by atoms with van der Waals surface area (Å²) in [7, 11) is 1.32. The number of benzene rings is 1. The monoisotopic (exact) mass is 429 g/mol. The molecule has 7 nitrogen and oxygen atoms in total. The van der Waals surface area contributed by atoms with Crippen LogP contribution in [0.2, 0.25) is 0 Å². The molecule has 2 amide bonds. The number of anilines is 1. The lowest BCUT2D eigenvalue weighted by Crippen LogP contribution is -2.44. The number of aryl methyl sites for hydroxylation is 3. The highest BCUT2D eigenvalue weighted by Crippen LogP contribution is 2.28. The molecule has 2 heterocycles. The molecule has 160 valence electrons. The molecule has 1 aromatic carbocycles. The molecule has 8 heteroatoms. The van der Waals surface area contributed by atoms with Crippen molar-refractivity contribution in [3.63, 3.8) is 0 Å². The molecule has 1 unspecified atom stereocenters. The van der Waals surface area contributed by atoms with Crippen LogP contribution in [-0.2, 0) is 16.0 Å². The van der Waals surface area contributed by atoms with Crippen molar-refractivity contribution in [2.75, 3.05) is 24.1 Å². The average molecular weight is 430 g/mol. The van der Waals surface area contributed by atoms with Gasteiger partial charge in [0, 0.05) is 17.1 Å². The number of carbonyl (C=O) groups is 3. The number of thioether (sulfide) groups is 1. The summed E-state index contributed by atoms with van der Waals surface area (Å²) >= 11 is 1.53. The zero-order valence-electron chi connectivity index (χ0n) is 17.9. The topological polar surface area (TPSA) is 91.5 Å². The van der Waals surface area contributed by atoms with Gasteiger partial charge in [-0.1, -0.05) is 13.0 Å². The van der Waals surface area contributed by atoms with Gasteiger partial charge in [0.15, 0.2) is 0 Å². The van der Waals surface area contributed by atoms with Crippen LogP contribution in [0.1, 0.15) is 50.2 Å². The Kier molecular flexibility index (Phi) is 6.55. The molecule has 0 aliphatic carbocycles. The maximum atomic E-state index is 13.3. The summed E-state index contributed by atoms with van der Waals surface area (Å²) in [6.45, 7) is 7.63. The Morgan fingerprint density at radius 2 is 1.97 bits per heavy atom. The molecule has 1 saturated heterocycles. The molecule has 3 rings (SSSR count). The Morgan fingerprint density at radius 1 is 1.23 bits per heavy atom. The first-order valence-corrected chi connectivity index (χ1v) is 11.0. The highest BCUT2D eigenvalue weighted by Gasteiger charge is 2.37. The van der Waals surface area contributed by atoms with Gasteiger partial charge < -0.3 is 19.9 Å². The first-order chi connectivity index (χ1) is 14.3. The summed E-state index contributed by atoms with van der Waals surface area (Å²) in [4.78, 5) is 43.0. The number of H-pyrrole nitrogens is 1. The third-order valence-electron chi connectivity index (χ3n) is 5.50. The zero-order valence-corrected chi connectivity index (χ0v) is 18.7. The van der Waals surface area contributed by atoms with Gasteiger partial charge in [-0.3, -0.25) is 9.59 Å². The van der Waals surface area contributed by atoms with Crippen molar-refractivity contribution in [1.82, 2.24) is 9.88 Å². The quantitative estimate of drug-likeness (QED) is 0.711. The van der Waals surface area contributed by atoms with Crippen molar-refractivity contribution in [3.05, 3.63) is 51.8 Å². The van der Waals surface area contributed by atoms with Crippen LogP contribution in [0, 0.1) is 20.8 Å². The van der Waals surface area contributed by atoms with Crippen LogP contribution in [0.5, 0.6) is 0 Å². The second-order valence-electron chi connectivity index (χ2n) is 7.40. The van der Waals surface area contributed by atoms with Crippen LogP contribution in [0.4, 0.5) is 5.69 Å². The number of nitrogens with one attached hydrogen (secondary N) is 2. The van der Waals surface area contributed by atoms with Crippen LogP contribution < -0.4 is 5.32 Å². The van der Waals surface area contributed by atoms with Gasteiger partial charge in [-0.25, -0.2) is 4.79 Å². The molecule has 30 heavy (non-hydrogen) atoms. The molecule has 2 N–H and O–H groups in total. The number of esters is 1. The van der Waals surface area contributed by atoms with Crippen LogP contribution >= 0.6 is 11.8 Å². The Hall–Kier alpha value is -2.74. The van der Waals surface area contributed by atoms with E-state index >= 15 is 0 Å². The molecule has 1 fully saturated rings.